The van der Waals surface area contributed by atoms with Crippen molar-refractivity contribution in [3.8, 4) is 0 Å². The first kappa shape index (κ1) is 16.8. The van der Waals surface area contributed by atoms with Crippen LogP contribution in [0.4, 0.5) is 0 Å². The quantitative estimate of drug-likeness (QED) is 0.854. The number of rotatable bonds is 5. The van der Waals surface area contributed by atoms with Gasteiger partial charge in [0.2, 0.25) is 0 Å². The molecule has 1 rings (SSSR count). The highest BCUT2D eigenvalue weighted by atomic mass is 35.5. The largest absolute Gasteiger partial charge is 0.481 e. The van der Waals surface area contributed by atoms with Gasteiger partial charge in [0.05, 0.1) is 15.1 Å². The highest BCUT2D eigenvalue weighted by Crippen LogP contribution is 2.39. The first-order chi connectivity index (χ1) is 8.62. The van der Waals surface area contributed by atoms with Crippen LogP contribution in [-0.2, 0) is 4.79 Å². The maximum atomic E-state index is 10.8. The molecule has 0 aliphatic rings. The fourth-order valence-electron chi connectivity index (χ4n) is 2.13. The number of hydrogen-bond donors (Lipinski definition) is 1. The van der Waals surface area contributed by atoms with Gasteiger partial charge in [-0.25, -0.2) is 0 Å². The van der Waals surface area contributed by atoms with E-state index >= 15 is 0 Å². The zero-order chi connectivity index (χ0) is 14.8. The van der Waals surface area contributed by atoms with E-state index in [9.17, 15) is 4.79 Å². The lowest BCUT2D eigenvalue weighted by Gasteiger charge is -2.40. The van der Waals surface area contributed by atoms with Crippen LogP contribution in [-0.4, -0.2) is 28.1 Å². The van der Waals surface area contributed by atoms with E-state index in [1.165, 1.54) is 11.3 Å². The third kappa shape index (κ3) is 4.63. The molecule has 1 heterocycles. The summed E-state index contributed by atoms with van der Waals surface area (Å²) >= 11 is 13.5. The maximum absolute atomic E-state index is 10.8. The summed E-state index contributed by atoms with van der Waals surface area (Å²) in [5.74, 6) is -0.795. The number of carbonyl (C=O) groups is 1. The normalized spacial score (nSPS) is 13.8. The van der Waals surface area contributed by atoms with Crippen molar-refractivity contribution in [1.82, 2.24) is 4.90 Å². The molecule has 3 nitrogen and oxygen atoms in total. The molecule has 0 aliphatic heterocycles. The minimum absolute atomic E-state index is 0.0237. The minimum Gasteiger partial charge on any atom is -0.481 e. The third-order valence-electron chi connectivity index (χ3n) is 3.03. The second kappa shape index (κ2) is 6.44. The van der Waals surface area contributed by atoms with Crippen molar-refractivity contribution in [3.05, 3.63) is 20.3 Å². The summed E-state index contributed by atoms with van der Waals surface area (Å²) in [5, 5.41) is 8.87. The van der Waals surface area contributed by atoms with Gasteiger partial charge in [0.25, 0.3) is 0 Å². The zero-order valence-electron chi connectivity index (χ0n) is 11.5. The monoisotopic (exact) mass is 323 g/mol. The van der Waals surface area contributed by atoms with Crippen molar-refractivity contribution >= 4 is 40.5 Å². The molecule has 0 saturated heterocycles. The Labute approximate surface area is 128 Å². The van der Waals surface area contributed by atoms with Gasteiger partial charge in [0, 0.05) is 23.7 Å². The summed E-state index contributed by atoms with van der Waals surface area (Å²) in [7, 11) is 0. The molecule has 0 bridgehead atoms. The Bertz CT molecular complexity index is 454. The smallest absolute Gasteiger partial charge is 0.304 e. The lowest BCUT2D eigenvalue weighted by molar-refractivity contribution is -0.137. The predicted molar refractivity (Wildman–Crippen MR) is 81.5 cm³/mol. The van der Waals surface area contributed by atoms with E-state index in [1.807, 2.05) is 13.0 Å². The number of nitrogens with zero attached hydrogens (tertiary/aromatic N) is 1. The van der Waals surface area contributed by atoms with Crippen molar-refractivity contribution < 1.29 is 9.90 Å². The Balaban J connectivity index is 2.97. The number of thiophene rings is 1. The maximum Gasteiger partial charge on any atom is 0.304 e. The Morgan fingerprint density at radius 1 is 1.47 bits per heavy atom. The van der Waals surface area contributed by atoms with Crippen molar-refractivity contribution in [2.45, 2.75) is 45.7 Å². The van der Waals surface area contributed by atoms with Gasteiger partial charge in [-0.1, -0.05) is 23.2 Å². The van der Waals surface area contributed by atoms with Crippen LogP contribution in [0.25, 0.3) is 0 Å². The third-order valence-corrected chi connectivity index (χ3v) is 4.55. The molecule has 1 aromatic rings. The van der Waals surface area contributed by atoms with Crippen LogP contribution in [0.1, 0.15) is 45.7 Å². The average Bonchev–Trinajstić information content (AvgIpc) is 2.55. The zero-order valence-corrected chi connectivity index (χ0v) is 13.9. The summed E-state index contributed by atoms with van der Waals surface area (Å²) < 4.78 is 1.32. The molecule has 19 heavy (non-hydrogen) atoms. The molecule has 0 radical (unpaired) electrons. The van der Waals surface area contributed by atoms with E-state index in [-0.39, 0.29) is 18.0 Å². The van der Waals surface area contributed by atoms with Crippen molar-refractivity contribution in [1.29, 1.82) is 0 Å². The number of carboxylic acid groups (broad SMARTS) is 1. The highest BCUT2D eigenvalue weighted by molar-refractivity contribution is 7.20. The predicted octanol–water partition coefficient (Wildman–Crippen LogP) is 4.69. The average molecular weight is 324 g/mol. The summed E-state index contributed by atoms with van der Waals surface area (Å²) in [4.78, 5) is 12.9. The van der Waals surface area contributed by atoms with Gasteiger partial charge in [-0.15, -0.1) is 11.3 Å². The van der Waals surface area contributed by atoms with E-state index in [0.717, 1.165) is 5.56 Å². The van der Waals surface area contributed by atoms with Gasteiger partial charge in [-0.05, 0) is 33.8 Å². The van der Waals surface area contributed by atoms with Crippen LogP contribution < -0.4 is 0 Å². The van der Waals surface area contributed by atoms with Gasteiger partial charge in [-0.3, -0.25) is 9.69 Å². The molecule has 108 valence electrons. The van der Waals surface area contributed by atoms with Crippen molar-refractivity contribution in [2.75, 3.05) is 6.54 Å². The standard InChI is InChI=1S/C13H19Cl2NO2S/c1-8(9-7-10(14)19-12(9)15)16(13(2,3)4)6-5-11(17)18/h7-8H,5-6H2,1-4H3,(H,17,18). The number of hydrogen-bond acceptors (Lipinski definition) is 3. The summed E-state index contributed by atoms with van der Waals surface area (Å²) in [6.45, 7) is 8.69. The lowest BCUT2D eigenvalue weighted by atomic mass is 10.00. The Hall–Kier alpha value is -0.290. The van der Waals surface area contributed by atoms with Crippen molar-refractivity contribution in [3.63, 3.8) is 0 Å². The molecule has 1 N–H and O–H groups in total. The van der Waals surface area contributed by atoms with Crippen molar-refractivity contribution in [2.24, 2.45) is 0 Å². The summed E-state index contributed by atoms with van der Waals surface area (Å²) in [5.41, 5.74) is 0.809. The second-order valence-corrected chi connectivity index (χ2v) is 7.75. The molecule has 1 aromatic heterocycles. The van der Waals surface area contributed by atoms with Gasteiger partial charge in [0.1, 0.15) is 0 Å². The molecule has 0 aromatic carbocycles. The van der Waals surface area contributed by atoms with Gasteiger partial charge in [0.15, 0.2) is 0 Å². The Kier molecular flexibility index (Phi) is 5.68. The molecule has 0 fully saturated rings. The van der Waals surface area contributed by atoms with E-state index < -0.39 is 5.97 Å². The van der Waals surface area contributed by atoms with Crippen LogP contribution in [0.15, 0.2) is 6.07 Å². The Morgan fingerprint density at radius 3 is 2.42 bits per heavy atom. The van der Waals surface area contributed by atoms with Crippen LogP contribution in [0, 0.1) is 0 Å². The van der Waals surface area contributed by atoms with Crippen LogP contribution in [0.5, 0.6) is 0 Å². The summed E-state index contributed by atoms with van der Waals surface area (Å²) in [6, 6.07) is 1.88. The first-order valence-corrected chi connectivity index (χ1v) is 7.63. The SMILES string of the molecule is CC(c1cc(Cl)sc1Cl)N(CCC(=O)O)C(C)(C)C. The molecule has 0 saturated carbocycles. The van der Waals surface area contributed by atoms with Crippen LogP contribution >= 0.6 is 34.5 Å². The fourth-order valence-corrected chi connectivity index (χ4v) is 3.77. The van der Waals surface area contributed by atoms with Crippen LogP contribution in [0.2, 0.25) is 8.67 Å². The Morgan fingerprint density at radius 2 is 2.05 bits per heavy atom. The molecule has 1 atom stereocenters. The lowest BCUT2D eigenvalue weighted by Crippen LogP contribution is -2.44. The number of halogens is 2. The molecule has 1 unspecified atom stereocenters. The fraction of sp³-hybridized carbons (Fsp3) is 0.615. The van der Waals surface area contributed by atoms with E-state index in [2.05, 4.69) is 25.7 Å². The molecular formula is C13H19Cl2NO2S. The highest BCUT2D eigenvalue weighted by Gasteiger charge is 2.29. The number of carboxylic acids is 1. The molecule has 0 amide bonds. The van der Waals surface area contributed by atoms with E-state index in [4.69, 9.17) is 28.3 Å². The minimum atomic E-state index is -0.795. The topological polar surface area (TPSA) is 40.5 Å². The van der Waals surface area contributed by atoms with Gasteiger partial charge >= 0.3 is 5.97 Å². The number of aliphatic carboxylic acids is 1. The van der Waals surface area contributed by atoms with Gasteiger partial charge in [-0.2, -0.15) is 0 Å². The van der Waals surface area contributed by atoms with E-state index in [0.29, 0.717) is 15.2 Å². The van der Waals surface area contributed by atoms with Gasteiger partial charge < -0.3 is 5.11 Å². The molecular weight excluding hydrogens is 305 g/mol. The molecule has 6 heteroatoms. The first-order valence-electron chi connectivity index (χ1n) is 6.06. The summed E-state index contributed by atoms with van der Waals surface area (Å²) in [6.07, 6.45) is 0.108. The molecule has 0 spiro atoms. The molecule has 0 aliphatic carbocycles. The van der Waals surface area contributed by atoms with E-state index in [1.54, 1.807) is 0 Å². The van der Waals surface area contributed by atoms with Crippen LogP contribution in [0.3, 0.4) is 0 Å². The second-order valence-electron chi connectivity index (χ2n) is 5.46.